The molecular formula is C18H18N2O8. The van der Waals surface area contributed by atoms with Crippen LogP contribution in [0, 0.1) is 20.2 Å². The van der Waals surface area contributed by atoms with E-state index >= 15 is 0 Å². The first-order chi connectivity index (χ1) is 13.4. The van der Waals surface area contributed by atoms with E-state index in [4.69, 9.17) is 14.2 Å². The van der Waals surface area contributed by atoms with Gasteiger partial charge in [0.05, 0.1) is 41.8 Å². The molecule has 0 aliphatic carbocycles. The molecule has 0 amide bonds. The van der Waals surface area contributed by atoms with Crippen LogP contribution in [0.1, 0.15) is 23.2 Å². The quantitative estimate of drug-likeness (QED) is 0.260. The van der Waals surface area contributed by atoms with Crippen molar-refractivity contribution in [2.24, 2.45) is 0 Å². The molecule has 0 aliphatic heterocycles. The Balaban J connectivity index is 1.79. The Labute approximate surface area is 159 Å². The number of carbonyl (C=O) groups is 1. The lowest BCUT2D eigenvalue weighted by molar-refractivity contribution is -0.394. The average Bonchev–Trinajstić information content (AvgIpc) is 2.70. The molecule has 0 bridgehead atoms. The molecule has 0 spiro atoms. The van der Waals surface area contributed by atoms with Gasteiger partial charge in [0.1, 0.15) is 11.5 Å². The maximum absolute atomic E-state index is 12.0. The molecule has 0 radical (unpaired) electrons. The molecule has 0 saturated heterocycles. The van der Waals surface area contributed by atoms with Crippen LogP contribution in [0.25, 0.3) is 0 Å². The highest BCUT2D eigenvalue weighted by molar-refractivity contribution is 5.91. The predicted molar refractivity (Wildman–Crippen MR) is 97.8 cm³/mol. The summed E-state index contributed by atoms with van der Waals surface area (Å²) in [7, 11) is 1.57. The summed E-state index contributed by atoms with van der Waals surface area (Å²) in [4.78, 5) is 32.1. The number of hydrogen-bond donors (Lipinski definition) is 0. The summed E-state index contributed by atoms with van der Waals surface area (Å²) in [5.74, 6) is 0.546. The number of nitro benzene ring substituents is 2. The Kier molecular flexibility index (Phi) is 7.26. The van der Waals surface area contributed by atoms with E-state index in [-0.39, 0.29) is 12.2 Å². The van der Waals surface area contributed by atoms with E-state index in [0.717, 1.165) is 23.9 Å². The van der Waals surface area contributed by atoms with Gasteiger partial charge in [0.15, 0.2) is 0 Å². The molecule has 10 heteroatoms. The summed E-state index contributed by atoms with van der Waals surface area (Å²) in [5, 5.41) is 21.7. The maximum atomic E-state index is 12.0. The first-order valence-corrected chi connectivity index (χ1v) is 8.28. The molecule has 0 N–H and O–H groups in total. The minimum atomic E-state index is -0.858. The predicted octanol–water partition coefficient (Wildman–Crippen LogP) is 3.53. The van der Waals surface area contributed by atoms with E-state index in [1.807, 2.05) is 0 Å². The van der Waals surface area contributed by atoms with Crippen LogP contribution < -0.4 is 9.47 Å². The molecule has 2 aromatic rings. The highest BCUT2D eigenvalue weighted by Gasteiger charge is 2.20. The van der Waals surface area contributed by atoms with Crippen molar-refractivity contribution in [2.75, 3.05) is 20.3 Å². The van der Waals surface area contributed by atoms with Crippen molar-refractivity contribution in [3.63, 3.8) is 0 Å². The van der Waals surface area contributed by atoms with Gasteiger partial charge < -0.3 is 14.2 Å². The van der Waals surface area contributed by atoms with Crippen LogP contribution in [-0.2, 0) is 4.74 Å². The minimum Gasteiger partial charge on any atom is -0.497 e. The van der Waals surface area contributed by atoms with E-state index in [0.29, 0.717) is 25.2 Å². The number of nitrogens with zero attached hydrogens (tertiary/aromatic N) is 2. The molecule has 0 saturated carbocycles. The molecule has 28 heavy (non-hydrogen) atoms. The molecule has 2 rings (SSSR count). The standard InChI is InChI=1S/C18H18N2O8/c1-26-16-4-6-17(7-5-16)27-8-2-3-9-28-18(21)13-10-14(19(22)23)12-15(11-13)20(24)25/h4-7,10-12H,2-3,8-9H2,1H3. The van der Waals surface area contributed by atoms with E-state index in [1.165, 1.54) is 0 Å². The van der Waals surface area contributed by atoms with Crippen LogP contribution in [0.4, 0.5) is 11.4 Å². The van der Waals surface area contributed by atoms with Gasteiger partial charge in [-0.3, -0.25) is 20.2 Å². The molecule has 0 aliphatic rings. The SMILES string of the molecule is COc1ccc(OCCCCOC(=O)c2cc([N+](=O)[O-])cc([N+](=O)[O-])c2)cc1. The minimum absolute atomic E-state index is 0.0568. The Hall–Kier alpha value is -3.69. The van der Waals surface area contributed by atoms with Gasteiger partial charge in [-0.2, -0.15) is 0 Å². The number of methoxy groups -OCH3 is 1. The van der Waals surface area contributed by atoms with E-state index < -0.39 is 27.2 Å². The second-order valence-electron chi connectivity index (χ2n) is 5.62. The number of unbranched alkanes of at least 4 members (excludes halogenated alkanes) is 1. The Morgan fingerprint density at radius 1 is 0.893 bits per heavy atom. The lowest BCUT2D eigenvalue weighted by Crippen LogP contribution is -2.09. The van der Waals surface area contributed by atoms with Gasteiger partial charge in [0.25, 0.3) is 11.4 Å². The fourth-order valence-corrected chi connectivity index (χ4v) is 2.24. The summed E-state index contributed by atoms with van der Waals surface area (Å²) in [5.41, 5.74) is -1.33. The van der Waals surface area contributed by atoms with Crippen LogP contribution in [0.15, 0.2) is 42.5 Å². The Morgan fingerprint density at radius 3 is 1.96 bits per heavy atom. The van der Waals surface area contributed by atoms with Gasteiger partial charge in [-0.15, -0.1) is 0 Å². The van der Waals surface area contributed by atoms with Gasteiger partial charge in [-0.1, -0.05) is 0 Å². The summed E-state index contributed by atoms with van der Waals surface area (Å²) in [6.45, 7) is 0.466. The van der Waals surface area contributed by atoms with Crippen molar-refractivity contribution in [2.45, 2.75) is 12.8 Å². The summed E-state index contributed by atoms with van der Waals surface area (Å²) < 4.78 is 15.6. The zero-order chi connectivity index (χ0) is 20.5. The van der Waals surface area contributed by atoms with Crippen molar-refractivity contribution in [3.05, 3.63) is 68.3 Å². The van der Waals surface area contributed by atoms with E-state index in [9.17, 15) is 25.0 Å². The van der Waals surface area contributed by atoms with Gasteiger partial charge >= 0.3 is 5.97 Å². The number of nitro groups is 2. The average molecular weight is 390 g/mol. The van der Waals surface area contributed by atoms with Gasteiger partial charge in [0.2, 0.25) is 0 Å². The third-order valence-corrected chi connectivity index (χ3v) is 3.66. The number of benzene rings is 2. The lowest BCUT2D eigenvalue weighted by atomic mass is 10.2. The van der Waals surface area contributed by atoms with Gasteiger partial charge in [0, 0.05) is 12.1 Å². The van der Waals surface area contributed by atoms with Crippen LogP contribution in [0.2, 0.25) is 0 Å². The zero-order valence-corrected chi connectivity index (χ0v) is 15.0. The molecule has 0 aromatic heterocycles. The van der Waals surface area contributed by atoms with Crippen molar-refractivity contribution >= 4 is 17.3 Å². The molecule has 148 valence electrons. The van der Waals surface area contributed by atoms with Crippen LogP contribution in [-0.4, -0.2) is 36.1 Å². The van der Waals surface area contributed by atoms with E-state index in [1.54, 1.807) is 31.4 Å². The Bertz CT molecular complexity index is 819. The molecule has 0 unspecified atom stereocenters. The first kappa shape index (κ1) is 20.6. The number of rotatable bonds is 10. The normalized spacial score (nSPS) is 10.2. The molecular weight excluding hydrogens is 372 g/mol. The van der Waals surface area contributed by atoms with Crippen LogP contribution in [0.3, 0.4) is 0 Å². The highest BCUT2D eigenvalue weighted by Crippen LogP contribution is 2.23. The number of non-ortho nitro benzene ring substituents is 2. The van der Waals surface area contributed by atoms with Crippen LogP contribution in [0.5, 0.6) is 11.5 Å². The molecule has 0 fully saturated rings. The van der Waals surface area contributed by atoms with Crippen molar-refractivity contribution in [1.29, 1.82) is 0 Å². The smallest absolute Gasteiger partial charge is 0.338 e. The van der Waals surface area contributed by atoms with Gasteiger partial charge in [-0.25, -0.2) is 4.79 Å². The first-order valence-electron chi connectivity index (χ1n) is 8.28. The molecule has 0 heterocycles. The maximum Gasteiger partial charge on any atom is 0.338 e. The van der Waals surface area contributed by atoms with E-state index in [2.05, 4.69) is 0 Å². The molecule has 0 atom stereocenters. The Morgan fingerprint density at radius 2 is 1.43 bits per heavy atom. The topological polar surface area (TPSA) is 131 Å². The third kappa shape index (κ3) is 5.94. The molecule has 10 nitrogen and oxygen atoms in total. The third-order valence-electron chi connectivity index (χ3n) is 3.66. The number of hydrogen-bond acceptors (Lipinski definition) is 8. The second kappa shape index (κ2) is 9.86. The number of esters is 1. The van der Waals surface area contributed by atoms with Crippen LogP contribution >= 0.6 is 0 Å². The fourth-order valence-electron chi connectivity index (χ4n) is 2.24. The fraction of sp³-hybridized carbons (Fsp3) is 0.278. The van der Waals surface area contributed by atoms with Gasteiger partial charge in [-0.05, 0) is 37.1 Å². The van der Waals surface area contributed by atoms with Crippen molar-refractivity contribution < 1.29 is 28.9 Å². The van der Waals surface area contributed by atoms with Crippen molar-refractivity contribution in [3.8, 4) is 11.5 Å². The lowest BCUT2D eigenvalue weighted by Gasteiger charge is -2.08. The summed E-state index contributed by atoms with van der Waals surface area (Å²) in [6, 6.07) is 9.77. The van der Waals surface area contributed by atoms with Crippen molar-refractivity contribution in [1.82, 2.24) is 0 Å². The monoisotopic (exact) mass is 390 g/mol. The summed E-state index contributed by atoms with van der Waals surface area (Å²) >= 11 is 0. The highest BCUT2D eigenvalue weighted by atomic mass is 16.6. The summed E-state index contributed by atoms with van der Waals surface area (Å²) in [6.07, 6.45) is 1.10. The number of carbonyl (C=O) groups excluding carboxylic acids is 1. The number of ether oxygens (including phenoxy) is 3. The zero-order valence-electron chi connectivity index (χ0n) is 15.0. The largest absolute Gasteiger partial charge is 0.497 e. The molecule has 2 aromatic carbocycles. The second-order valence-corrected chi connectivity index (χ2v) is 5.62.